The molecule has 0 saturated heterocycles. The number of methoxy groups -OCH3 is 1. The van der Waals surface area contributed by atoms with Crippen LogP contribution in [0.2, 0.25) is 0 Å². The van der Waals surface area contributed by atoms with Crippen molar-refractivity contribution in [2.75, 3.05) is 26.9 Å². The zero-order valence-corrected chi connectivity index (χ0v) is 22.1. The van der Waals surface area contributed by atoms with Crippen molar-refractivity contribution in [1.82, 2.24) is 10.7 Å². The summed E-state index contributed by atoms with van der Waals surface area (Å²) in [4.78, 5) is 36.8. The van der Waals surface area contributed by atoms with Crippen LogP contribution < -0.4 is 29.7 Å². The minimum absolute atomic E-state index is 0.227. The van der Waals surface area contributed by atoms with Gasteiger partial charge in [0.25, 0.3) is 11.8 Å². The zero-order chi connectivity index (χ0) is 28.0. The van der Waals surface area contributed by atoms with E-state index in [1.54, 1.807) is 66.7 Å². The fourth-order valence-corrected chi connectivity index (χ4v) is 3.26. The molecular formula is C29H31N3O7. The Labute approximate surface area is 226 Å². The summed E-state index contributed by atoms with van der Waals surface area (Å²) in [6.45, 7) is 4.76. The number of hydrazone groups is 1. The van der Waals surface area contributed by atoms with Gasteiger partial charge >= 0.3 is 5.97 Å². The highest BCUT2D eigenvalue weighted by molar-refractivity contribution is 5.96. The SMILES string of the molecule is CCCOc1ccc(C(=O)NCC(=O)NN=Cc2ccc(OC(=O)c3ccc(OCC)cc3)c(OC)c2)cc1. The molecule has 0 aliphatic carbocycles. The van der Waals surface area contributed by atoms with Crippen LogP contribution in [0.5, 0.6) is 23.0 Å². The molecule has 0 heterocycles. The van der Waals surface area contributed by atoms with Gasteiger partial charge in [0, 0.05) is 5.56 Å². The van der Waals surface area contributed by atoms with Crippen LogP contribution >= 0.6 is 0 Å². The number of nitrogens with zero attached hydrogens (tertiary/aromatic N) is 1. The minimum Gasteiger partial charge on any atom is -0.494 e. The van der Waals surface area contributed by atoms with Crippen molar-refractivity contribution in [2.24, 2.45) is 5.10 Å². The van der Waals surface area contributed by atoms with E-state index in [4.69, 9.17) is 18.9 Å². The third-order valence-electron chi connectivity index (χ3n) is 5.19. The largest absolute Gasteiger partial charge is 0.494 e. The van der Waals surface area contributed by atoms with E-state index in [1.807, 2.05) is 13.8 Å². The van der Waals surface area contributed by atoms with Crippen molar-refractivity contribution in [2.45, 2.75) is 20.3 Å². The molecule has 39 heavy (non-hydrogen) atoms. The van der Waals surface area contributed by atoms with E-state index in [2.05, 4.69) is 15.8 Å². The number of carbonyl (C=O) groups excluding carboxylic acids is 3. The van der Waals surface area contributed by atoms with Crippen LogP contribution in [0.15, 0.2) is 71.8 Å². The van der Waals surface area contributed by atoms with Crippen LogP contribution in [0.3, 0.4) is 0 Å². The lowest BCUT2D eigenvalue weighted by atomic mass is 10.2. The Bertz CT molecular complexity index is 1290. The highest BCUT2D eigenvalue weighted by atomic mass is 16.6. The van der Waals surface area contributed by atoms with Gasteiger partial charge in [0.1, 0.15) is 11.5 Å². The van der Waals surface area contributed by atoms with Gasteiger partial charge in [-0.3, -0.25) is 9.59 Å². The van der Waals surface area contributed by atoms with Gasteiger partial charge in [-0.05, 0) is 85.6 Å². The quantitative estimate of drug-likeness (QED) is 0.147. The maximum atomic E-state index is 12.5. The lowest BCUT2D eigenvalue weighted by Crippen LogP contribution is -2.34. The van der Waals surface area contributed by atoms with Crippen LogP contribution in [0.1, 0.15) is 46.5 Å². The molecule has 3 aromatic carbocycles. The van der Waals surface area contributed by atoms with E-state index in [0.29, 0.717) is 47.2 Å². The Morgan fingerprint density at radius 1 is 0.846 bits per heavy atom. The minimum atomic E-state index is -0.548. The van der Waals surface area contributed by atoms with Gasteiger partial charge in [-0.25, -0.2) is 10.2 Å². The summed E-state index contributed by atoms with van der Waals surface area (Å²) < 4.78 is 21.7. The van der Waals surface area contributed by atoms with Gasteiger partial charge in [0.15, 0.2) is 11.5 Å². The molecule has 0 bridgehead atoms. The summed E-state index contributed by atoms with van der Waals surface area (Å²) in [6, 6.07) is 18.1. The summed E-state index contributed by atoms with van der Waals surface area (Å²) >= 11 is 0. The lowest BCUT2D eigenvalue weighted by molar-refractivity contribution is -0.120. The first kappa shape index (κ1) is 28.7. The fraction of sp³-hybridized carbons (Fsp3) is 0.241. The first-order valence-electron chi connectivity index (χ1n) is 12.4. The van der Waals surface area contributed by atoms with Crippen LogP contribution in [-0.4, -0.2) is 50.9 Å². The highest BCUT2D eigenvalue weighted by Crippen LogP contribution is 2.28. The number of nitrogens with one attached hydrogen (secondary N) is 2. The van der Waals surface area contributed by atoms with Crippen molar-refractivity contribution in [1.29, 1.82) is 0 Å². The molecule has 0 spiro atoms. The van der Waals surface area contributed by atoms with Gasteiger partial charge in [-0.1, -0.05) is 6.92 Å². The first-order chi connectivity index (χ1) is 18.9. The molecule has 0 aliphatic rings. The number of esters is 1. The Balaban J connectivity index is 1.49. The van der Waals surface area contributed by atoms with Crippen molar-refractivity contribution in [3.8, 4) is 23.0 Å². The maximum Gasteiger partial charge on any atom is 0.343 e. The van der Waals surface area contributed by atoms with E-state index < -0.39 is 17.8 Å². The van der Waals surface area contributed by atoms with E-state index in [-0.39, 0.29) is 12.3 Å². The average Bonchev–Trinajstić information content (AvgIpc) is 2.96. The summed E-state index contributed by atoms with van der Waals surface area (Å²) in [6.07, 6.45) is 2.29. The van der Waals surface area contributed by atoms with Gasteiger partial charge < -0.3 is 24.3 Å². The van der Waals surface area contributed by atoms with E-state index in [1.165, 1.54) is 13.3 Å². The molecule has 0 saturated carbocycles. The second-order valence-electron chi connectivity index (χ2n) is 8.11. The monoisotopic (exact) mass is 533 g/mol. The number of amides is 2. The van der Waals surface area contributed by atoms with E-state index in [9.17, 15) is 14.4 Å². The summed E-state index contributed by atoms with van der Waals surface area (Å²) in [5.41, 5.74) is 3.70. The second kappa shape index (κ2) is 14.8. The molecule has 3 rings (SSSR count). The predicted octanol–water partition coefficient (Wildman–Crippen LogP) is 3.98. The van der Waals surface area contributed by atoms with E-state index in [0.717, 1.165) is 6.42 Å². The van der Waals surface area contributed by atoms with Crippen LogP contribution in [0.4, 0.5) is 0 Å². The number of rotatable bonds is 13. The normalized spacial score (nSPS) is 10.5. The third kappa shape index (κ3) is 8.89. The van der Waals surface area contributed by atoms with Gasteiger partial charge in [-0.2, -0.15) is 5.10 Å². The molecule has 0 radical (unpaired) electrons. The standard InChI is InChI=1S/C29H31N3O7/c1-4-16-38-24-11-7-21(8-12-24)28(34)30-19-27(33)32-31-18-20-6-15-25(26(17-20)36-3)39-29(35)22-9-13-23(14-10-22)37-5-2/h6-15,17-18H,4-5,16,19H2,1-3H3,(H,30,34)(H,32,33). The van der Waals surface area contributed by atoms with E-state index >= 15 is 0 Å². The van der Waals surface area contributed by atoms with Crippen LogP contribution in [0, 0.1) is 0 Å². The molecule has 0 aromatic heterocycles. The van der Waals surface area contributed by atoms with Gasteiger partial charge in [0.2, 0.25) is 0 Å². The zero-order valence-electron chi connectivity index (χ0n) is 22.1. The average molecular weight is 534 g/mol. The molecule has 0 aliphatic heterocycles. The number of carbonyl (C=O) groups is 3. The molecule has 0 fully saturated rings. The Hall–Kier alpha value is -4.86. The topological polar surface area (TPSA) is 125 Å². The van der Waals surface area contributed by atoms with Crippen molar-refractivity contribution >= 4 is 24.0 Å². The fourth-order valence-electron chi connectivity index (χ4n) is 3.26. The molecule has 204 valence electrons. The number of hydrogen-bond acceptors (Lipinski definition) is 8. The first-order valence-corrected chi connectivity index (χ1v) is 12.4. The Morgan fingerprint density at radius 2 is 1.51 bits per heavy atom. The molecule has 0 atom stereocenters. The Morgan fingerprint density at radius 3 is 2.15 bits per heavy atom. The van der Waals surface area contributed by atoms with Crippen LogP contribution in [0.25, 0.3) is 0 Å². The van der Waals surface area contributed by atoms with Gasteiger partial charge in [-0.15, -0.1) is 0 Å². The molecule has 3 aromatic rings. The number of ether oxygens (including phenoxy) is 4. The van der Waals surface area contributed by atoms with Crippen molar-refractivity contribution < 1.29 is 33.3 Å². The molecule has 2 amide bonds. The third-order valence-corrected chi connectivity index (χ3v) is 5.19. The molecule has 2 N–H and O–H groups in total. The van der Waals surface area contributed by atoms with Gasteiger partial charge in [0.05, 0.1) is 38.6 Å². The van der Waals surface area contributed by atoms with Crippen molar-refractivity contribution in [3.05, 3.63) is 83.4 Å². The highest BCUT2D eigenvalue weighted by Gasteiger charge is 2.13. The smallest absolute Gasteiger partial charge is 0.343 e. The number of benzene rings is 3. The Kier molecular flexibility index (Phi) is 10.9. The number of hydrogen-bond donors (Lipinski definition) is 2. The predicted molar refractivity (Wildman–Crippen MR) is 146 cm³/mol. The molecule has 0 unspecified atom stereocenters. The van der Waals surface area contributed by atoms with Crippen LogP contribution in [-0.2, 0) is 4.79 Å². The summed E-state index contributed by atoms with van der Waals surface area (Å²) in [5.74, 6) is 0.427. The summed E-state index contributed by atoms with van der Waals surface area (Å²) in [7, 11) is 1.45. The second-order valence-corrected chi connectivity index (χ2v) is 8.11. The molecule has 10 nitrogen and oxygen atoms in total. The lowest BCUT2D eigenvalue weighted by Gasteiger charge is -2.10. The summed E-state index contributed by atoms with van der Waals surface area (Å²) in [5, 5.41) is 6.44. The molecular weight excluding hydrogens is 502 g/mol. The molecule has 10 heteroatoms. The van der Waals surface area contributed by atoms with Crippen molar-refractivity contribution in [3.63, 3.8) is 0 Å². The maximum absolute atomic E-state index is 12.5.